The number of aromatic nitrogens is 4. The van der Waals surface area contributed by atoms with Gasteiger partial charge in [0.05, 0.1) is 22.6 Å². The Bertz CT molecular complexity index is 1330. The van der Waals surface area contributed by atoms with Gasteiger partial charge in [-0.2, -0.15) is 13.2 Å². The number of aliphatic hydroxyl groups is 1. The van der Waals surface area contributed by atoms with Crippen LogP contribution in [0.5, 0.6) is 0 Å². The van der Waals surface area contributed by atoms with Crippen molar-refractivity contribution in [1.29, 1.82) is 0 Å². The molecule has 0 aliphatic rings. The van der Waals surface area contributed by atoms with E-state index in [1.54, 1.807) is 21.1 Å². The number of rotatable bonds is 7. The molecule has 0 aliphatic carbocycles. The van der Waals surface area contributed by atoms with Crippen LogP contribution in [0.3, 0.4) is 0 Å². The number of hydrogen-bond acceptors (Lipinski definition) is 5. The summed E-state index contributed by atoms with van der Waals surface area (Å²) in [6, 6.07) is 11.7. The van der Waals surface area contributed by atoms with Gasteiger partial charge in [-0.3, -0.25) is 13.8 Å². The first kappa shape index (κ1) is 23.3. The van der Waals surface area contributed by atoms with Gasteiger partial charge in [0.2, 0.25) is 5.78 Å². The van der Waals surface area contributed by atoms with Gasteiger partial charge in [0.25, 0.3) is 5.56 Å². The first-order valence-corrected chi connectivity index (χ1v) is 11.5. The Balaban J connectivity index is 1.65. The van der Waals surface area contributed by atoms with E-state index < -0.39 is 17.8 Å². The van der Waals surface area contributed by atoms with Crippen LogP contribution in [-0.4, -0.2) is 30.0 Å². The predicted molar refractivity (Wildman–Crippen MR) is 121 cm³/mol. The Morgan fingerprint density at radius 3 is 2.42 bits per heavy atom. The molecule has 1 unspecified atom stereocenters. The number of nitrogens with zero attached hydrogens (tertiary/aromatic N) is 4. The maximum absolute atomic E-state index is 13.1. The lowest BCUT2D eigenvalue weighted by Crippen LogP contribution is -2.24. The number of para-hydroxylation sites is 1. The van der Waals surface area contributed by atoms with Crippen LogP contribution >= 0.6 is 11.8 Å². The molecule has 1 atom stereocenters. The third-order valence-electron chi connectivity index (χ3n) is 5.40. The number of fused-ring (bicyclic) bond motifs is 3. The summed E-state index contributed by atoms with van der Waals surface area (Å²) in [5.41, 5.74) is 0.144. The number of benzene rings is 2. The summed E-state index contributed by atoms with van der Waals surface area (Å²) < 4.78 is 41.8. The van der Waals surface area contributed by atoms with Crippen molar-refractivity contribution in [3.63, 3.8) is 0 Å². The number of hydrogen-bond donors (Lipinski definition) is 1. The van der Waals surface area contributed by atoms with E-state index in [4.69, 9.17) is 0 Å². The van der Waals surface area contributed by atoms with Gasteiger partial charge >= 0.3 is 6.18 Å². The predicted octanol–water partition coefficient (Wildman–Crippen LogP) is 4.93. The highest BCUT2D eigenvalue weighted by Crippen LogP contribution is 2.31. The lowest BCUT2D eigenvalue weighted by Gasteiger charge is -2.14. The molecule has 4 aromatic rings. The van der Waals surface area contributed by atoms with Gasteiger partial charge in [-0.1, -0.05) is 49.9 Å². The van der Waals surface area contributed by atoms with E-state index in [0.717, 1.165) is 18.6 Å². The molecule has 2 aromatic heterocycles. The van der Waals surface area contributed by atoms with Crippen molar-refractivity contribution in [3.8, 4) is 0 Å². The average Bonchev–Trinajstić information content (AvgIpc) is 3.20. The molecule has 2 heterocycles. The number of alkyl halides is 3. The summed E-state index contributed by atoms with van der Waals surface area (Å²) in [6.45, 7) is 4.66. The maximum Gasteiger partial charge on any atom is 0.416 e. The number of halogens is 3. The molecule has 0 spiro atoms. The van der Waals surface area contributed by atoms with E-state index in [9.17, 15) is 23.1 Å². The summed E-state index contributed by atoms with van der Waals surface area (Å²) in [7, 11) is 0. The minimum Gasteiger partial charge on any atom is -0.388 e. The Kier molecular flexibility index (Phi) is 6.49. The van der Waals surface area contributed by atoms with E-state index in [-0.39, 0.29) is 11.3 Å². The summed E-state index contributed by atoms with van der Waals surface area (Å²) in [5.74, 6) is 0.982. The largest absolute Gasteiger partial charge is 0.416 e. The minimum absolute atomic E-state index is 0.132. The van der Waals surface area contributed by atoms with E-state index >= 15 is 0 Å². The lowest BCUT2D eigenvalue weighted by molar-refractivity contribution is -0.137. The smallest absolute Gasteiger partial charge is 0.388 e. The Labute approximate surface area is 192 Å². The van der Waals surface area contributed by atoms with Crippen molar-refractivity contribution in [2.24, 2.45) is 5.92 Å². The van der Waals surface area contributed by atoms with Crippen molar-refractivity contribution in [1.82, 2.24) is 19.2 Å². The SMILES string of the molecule is CC(C)CCn1c(=O)c2ccccc2n2c(SCC(O)c3ccc(C(F)(F)F)cc3)nnc12. The Morgan fingerprint density at radius 1 is 1.06 bits per heavy atom. The molecule has 174 valence electrons. The molecule has 0 fully saturated rings. The third kappa shape index (κ3) is 4.77. The fraction of sp³-hybridized carbons (Fsp3) is 0.348. The zero-order valence-electron chi connectivity index (χ0n) is 18.1. The van der Waals surface area contributed by atoms with E-state index in [1.807, 2.05) is 12.1 Å². The highest BCUT2D eigenvalue weighted by molar-refractivity contribution is 7.99. The molecule has 10 heteroatoms. The second-order valence-corrected chi connectivity index (χ2v) is 9.21. The molecule has 0 saturated carbocycles. The van der Waals surface area contributed by atoms with E-state index in [2.05, 4.69) is 24.0 Å². The molecule has 2 aromatic carbocycles. The average molecular weight is 477 g/mol. The fourth-order valence-corrected chi connectivity index (χ4v) is 4.47. The van der Waals surface area contributed by atoms with Gasteiger partial charge in [-0.15, -0.1) is 10.2 Å². The molecule has 4 rings (SSSR count). The van der Waals surface area contributed by atoms with Gasteiger partial charge in [0.15, 0.2) is 5.16 Å². The second kappa shape index (κ2) is 9.18. The summed E-state index contributed by atoms with van der Waals surface area (Å²) in [6.07, 6.45) is -4.62. The van der Waals surface area contributed by atoms with Crippen LogP contribution < -0.4 is 5.56 Å². The molecule has 0 radical (unpaired) electrons. The van der Waals surface area contributed by atoms with Gasteiger partial charge in [-0.05, 0) is 42.2 Å². The highest BCUT2D eigenvalue weighted by atomic mass is 32.2. The molecule has 6 nitrogen and oxygen atoms in total. The first-order chi connectivity index (χ1) is 15.7. The van der Waals surface area contributed by atoms with Crippen molar-refractivity contribution >= 4 is 28.4 Å². The van der Waals surface area contributed by atoms with Crippen molar-refractivity contribution in [2.75, 3.05) is 5.75 Å². The van der Waals surface area contributed by atoms with E-state index in [0.29, 0.717) is 39.9 Å². The van der Waals surface area contributed by atoms with Crippen LogP contribution in [-0.2, 0) is 12.7 Å². The van der Waals surface area contributed by atoms with Gasteiger partial charge in [-0.25, -0.2) is 0 Å². The second-order valence-electron chi connectivity index (χ2n) is 8.22. The topological polar surface area (TPSA) is 72.4 Å². The molecule has 0 amide bonds. The van der Waals surface area contributed by atoms with Crippen LogP contribution in [0.4, 0.5) is 13.2 Å². The molecule has 33 heavy (non-hydrogen) atoms. The van der Waals surface area contributed by atoms with Crippen LogP contribution in [0.1, 0.15) is 37.5 Å². The van der Waals surface area contributed by atoms with Crippen molar-refractivity contribution in [2.45, 2.75) is 44.2 Å². The Morgan fingerprint density at radius 2 is 1.76 bits per heavy atom. The molecular weight excluding hydrogens is 453 g/mol. The quantitative estimate of drug-likeness (QED) is 0.383. The van der Waals surface area contributed by atoms with Gasteiger partial charge in [0.1, 0.15) is 0 Å². The minimum atomic E-state index is -4.43. The molecule has 0 aliphatic heterocycles. The normalized spacial score (nSPS) is 13.3. The monoisotopic (exact) mass is 476 g/mol. The highest BCUT2D eigenvalue weighted by Gasteiger charge is 2.30. The lowest BCUT2D eigenvalue weighted by atomic mass is 10.1. The number of thioether (sulfide) groups is 1. The summed E-state index contributed by atoms with van der Waals surface area (Å²) in [5, 5.41) is 20.0. The van der Waals surface area contributed by atoms with Crippen molar-refractivity contribution in [3.05, 3.63) is 70.0 Å². The zero-order chi connectivity index (χ0) is 23.8. The summed E-state index contributed by atoms with van der Waals surface area (Å²) >= 11 is 1.22. The first-order valence-electron chi connectivity index (χ1n) is 10.5. The zero-order valence-corrected chi connectivity index (χ0v) is 18.9. The third-order valence-corrected chi connectivity index (χ3v) is 6.41. The summed E-state index contributed by atoms with van der Waals surface area (Å²) in [4.78, 5) is 13.1. The van der Waals surface area contributed by atoms with Gasteiger partial charge < -0.3 is 5.11 Å². The van der Waals surface area contributed by atoms with Crippen LogP contribution in [0.15, 0.2) is 58.5 Å². The van der Waals surface area contributed by atoms with Crippen LogP contribution in [0.25, 0.3) is 16.7 Å². The maximum atomic E-state index is 13.1. The molecule has 1 N–H and O–H groups in total. The fourth-order valence-electron chi connectivity index (χ4n) is 3.56. The molecule has 0 bridgehead atoms. The van der Waals surface area contributed by atoms with Gasteiger partial charge in [0, 0.05) is 12.3 Å². The molecule has 0 saturated heterocycles. The number of aryl methyl sites for hydroxylation is 1. The standard InChI is InChI=1S/C23H23F3N4O2S/c1-14(2)11-12-29-20(32)17-5-3-4-6-18(17)30-21(29)27-28-22(30)33-13-19(31)15-7-9-16(10-8-15)23(24,25)26/h3-10,14,19,31H,11-13H2,1-2H3. The van der Waals surface area contributed by atoms with Crippen molar-refractivity contribution < 1.29 is 18.3 Å². The van der Waals surface area contributed by atoms with E-state index in [1.165, 1.54) is 23.9 Å². The van der Waals surface area contributed by atoms with Crippen LogP contribution in [0.2, 0.25) is 0 Å². The van der Waals surface area contributed by atoms with Crippen LogP contribution in [0, 0.1) is 5.92 Å². The Hall–Kier alpha value is -2.85. The number of aliphatic hydroxyl groups excluding tert-OH is 1. The molecular formula is C23H23F3N4O2S.